The Bertz CT molecular complexity index is 1110. The lowest BCUT2D eigenvalue weighted by molar-refractivity contribution is -0.128. The molecule has 1 unspecified atom stereocenters. The Balaban J connectivity index is 1.36. The molecular formula is C27H33N3O5. The lowest BCUT2D eigenvalue weighted by Gasteiger charge is -2.19. The van der Waals surface area contributed by atoms with E-state index in [4.69, 9.17) is 9.47 Å². The predicted octanol–water partition coefficient (Wildman–Crippen LogP) is 3.28. The Morgan fingerprint density at radius 3 is 2.51 bits per heavy atom. The molecule has 1 N–H and O–H groups in total. The molecule has 0 bridgehead atoms. The number of rotatable bonds is 8. The van der Waals surface area contributed by atoms with Gasteiger partial charge in [-0.05, 0) is 61.6 Å². The second-order valence-electron chi connectivity index (χ2n) is 9.15. The molecule has 0 radical (unpaired) electrons. The smallest absolute Gasteiger partial charge is 0.254 e. The maximum Gasteiger partial charge on any atom is 0.254 e. The highest BCUT2D eigenvalue weighted by Crippen LogP contribution is 2.29. The van der Waals surface area contributed by atoms with Crippen LogP contribution in [0.5, 0.6) is 11.5 Å². The molecule has 2 aromatic carbocycles. The molecule has 8 heteroatoms. The van der Waals surface area contributed by atoms with Crippen LogP contribution in [0.25, 0.3) is 0 Å². The van der Waals surface area contributed by atoms with Crippen LogP contribution in [0.15, 0.2) is 36.4 Å². The number of carbonyl (C=O) groups excluding carboxylic acids is 3. The van der Waals surface area contributed by atoms with Crippen molar-refractivity contribution in [1.82, 2.24) is 9.80 Å². The van der Waals surface area contributed by atoms with Crippen LogP contribution >= 0.6 is 0 Å². The van der Waals surface area contributed by atoms with Crippen LogP contribution in [0.3, 0.4) is 0 Å². The lowest BCUT2D eigenvalue weighted by atomic mass is 10.0. The molecule has 1 atom stereocenters. The van der Waals surface area contributed by atoms with E-state index in [2.05, 4.69) is 5.32 Å². The molecule has 2 saturated heterocycles. The second-order valence-corrected chi connectivity index (χ2v) is 9.15. The first-order chi connectivity index (χ1) is 16.9. The van der Waals surface area contributed by atoms with Gasteiger partial charge in [-0.1, -0.05) is 12.1 Å². The molecule has 2 fully saturated rings. The van der Waals surface area contributed by atoms with E-state index >= 15 is 0 Å². The summed E-state index contributed by atoms with van der Waals surface area (Å²) in [5.41, 5.74) is 3.02. The summed E-state index contributed by atoms with van der Waals surface area (Å²) in [4.78, 5) is 42.1. The van der Waals surface area contributed by atoms with Crippen LogP contribution in [0.2, 0.25) is 0 Å². The highest BCUT2D eigenvalue weighted by molar-refractivity contribution is 6.01. The summed E-state index contributed by atoms with van der Waals surface area (Å²) >= 11 is 0. The SMILES string of the molecule is COc1ccc(CCN2CC(C(=O)Nc3cccc(C(=O)N4CCCC4)c3C)CC2=O)cc1OC. The maximum absolute atomic E-state index is 13.0. The summed E-state index contributed by atoms with van der Waals surface area (Å²) in [7, 11) is 3.18. The van der Waals surface area contributed by atoms with E-state index in [1.807, 2.05) is 30.0 Å². The van der Waals surface area contributed by atoms with E-state index in [-0.39, 0.29) is 24.1 Å². The minimum atomic E-state index is -0.426. The number of likely N-dealkylation sites (tertiary alicyclic amines) is 2. The van der Waals surface area contributed by atoms with Gasteiger partial charge in [0, 0.05) is 43.9 Å². The molecule has 0 aliphatic carbocycles. The van der Waals surface area contributed by atoms with Gasteiger partial charge in [0.15, 0.2) is 11.5 Å². The van der Waals surface area contributed by atoms with Crippen molar-refractivity contribution < 1.29 is 23.9 Å². The molecule has 2 aliphatic heterocycles. The fourth-order valence-corrected chi connectivity index (χ4v) is 4.79. The molecule has 0 aromatic heterocycles. The van der Waals surface area contributed by atoms with Crippen LogP contribution < -0.4 is 14.8 Å². The second kappa shape index (κ2) is 10.8. The third-order valence-electron chi connectivity index (χ3n) is 6.92. The van der Waals surface area contributed by atoms with E-state index in [0.29, 0.717) is 42.3 Å². The van der Waals surface area contributed by atoms with Gasteiger partial charge in [0.1, 0.15) is 0 Å². The summed E-state index contributed by atoms with van der Waals surface area (Å²) in [6, 6.07) is 11.1. The van der Waals surface area contributed by atoms with E-state index in [1.165, 1.54) is 0 Å². The fraction of sp³-hybridized carbons (Fsp3) is 0.444. The predicted molar refractivity (Wildman–Crippen MR) is 133 cm³/mol. The Morgan fingerprint density at radius 2 is 1.80 bits per heavy atom. The zero-order valence-corrected chi connectivity index (χ0v) is 20.6. The van der Waals surface area contributed by atoms with Crippen molar-refractivity contribution in [2.45, 2.75) is 32.6 Å². The van der Waals surface area contributed by atoms with Crippen LogP contribution in [-0.2, 0) is 16.0 Å². The van der Waals surface area contributed by atoms with Gasteiger partial charge >= 0.3 is 0 Å². The van der Waals surface area contributed by atoms with Gasteiger partial charge in [0.25, 0.3) is 5.91 Å². The summed E-state index contributed by atoms with van der Waals surface area (Å²) < 4.78 is 10.6. The molecule has 4 rings (SSSR count). The number of carbonyl (C=O) groups is 3. The minimum Gasteiger partial charge on any atom is -0.493 e. The molecule has 2 heterocycles. The number of methoxy groups -OCH3 is 2. The standard InChI is InChI=1S/C27H33N3O5/c1-18-21(27(33)29-12-4-5-13-29)7-6-8-22(18)28-26(32)20-16-25(31)30(17-20)14-11-19-9-10-23(34-2)24(15-19)35-3/h6-10,15,20H,4-5,11-14,16-17H2,1-3H3,(H,28,32). The first kappa shape index (κ1) is 24.6. The van der Waals surface area contributed by atoms with Gasteiger partial charge in [-0.25, -0.2) is 0 Å². The fourth-order valence-electron chi connectivity index (χ4n) is 4.79. The maximum atomic E-state index is 13.0. The first-order valence-electron chi connectivity index (χ1n) is 12.1. The van der Waals surface area contributed by atoms with Gasteiger partial charge in [-0.3, -0.25) is 14.4 Å². The quantitative estimate of drug-likeness (QED) is 0.628. The minimum absolute atomic E-state index is 0.00785. The third kappa shape index (κ3) is 5.42. The van der Waals surface area contributed by atoms with E-state index < -0.39 is 5.92 Å². The molecule has 186 valence electrons. The summed E-state index contributed by atoms with van der Waals surface area (Å²) in [6.07, 6.45) is 2.89. The average Bonchev–Trinajstić information content (AvgIpc) is 3.53. The van der Waals surface area contributed by atoms with Gasteiger partial charge in [0.05, 0.1) is 20.1 Å². The molecule has 35 heavy (non-hydrogen) atoms. The van der Waals surface area contributed by atoms with Gasteiger partial charge in [-0.15, -0.1) is 0 Å². The molecule has 2 aromatic rings. The molecule has 8 nitrogen and oxygen atoms in total. The van der Waals surface area contributed by atoms with Gasteiger partial charge in [-0.2, -0.15) is 0 Å². The molecular weight excluding hydrogens is 446 g/mol. The number of hydrogen-bond acceptors (Lipinski definition) is 5. The summed E-state index contributed by atoms with van der Waals surface area (Å²) in [5, 5.41) is 2.96. The van der Waals surface area contributed by atoms with Crippen molar-refractivity contribution in [3.63, 3.8) is 0 Å². The number of hydrogen-bond donors (Lipinski definition) is 1. The normalized spacial score (nSPS) is 17.6. The number of anilines is 1. The van der Waals surface area contributed by atoms with Crippen molar-refractivity contribution in [2.75, 3.05) is 45.7 Å². The zero-order valence-electron chi connectivity index (χ0n) is 20.6. The monoisotopic (exact) mass is 479 g/mol. The van der Waals surface area contributed by atoms with E-state index in [0.717, 1.165) is 37.1 Å². The lowest BCUT2D eigenvalue weighted by Crippen LogP contribution is -2.30. The van der Waals surface area contributed by atoms with E-state index in [1.54, 1.807) is 37.3 Å². The highest BCUT2D eigenvalue weighted by Gasteiger charge is 2.34. The largest absolute Gasteiger partial charge is 0.493 e. The topological polar surface area (TPSA) is 88.2 Å². The van der Waals surface area contributed by atoms with E-state index in [9.17, 15) is 14.4 Å². The number of ether oxygens (including phenoxy) is 2. The first-order valence-corrected chi connectivity index (χ1v) is 12.1. The molecule has 0 spiro atoms. The molecule has 2 aliphatic rings. The van der Waals surface area contributed by atoms with Crippen LogP contribution in [-0.4, -0.2) is 67.9 Å². The van der Waals surface area contributed by atoms with Crippen molar-refractivity contribution in [3.05, 3.63) is 53.1 Å². The zero-order chi connectivity index (χ0) is 24.9. The highest BCUT2D eigenvalue weighted by atomic mass is 16.5. The number of amides is 3. The Hall–Kier alpha value is -3.55. The van der Waals surface area contributed by atoms with Crippen LogP contribution in [0, 0.1) is 12.8 Å². The average molecular weight is 480 g/mol. The van der Waals surface area contributed by atoms with Crippen molar-refractivity contribution in [3.8, 4) is 11.5 Å². The molecule has 0 saturated carbocycles. The van der Waals surface area contributed by atoms with Crippen molar-refractivity contribution >= 4 is 23.4 Å². The summed E-state index contributed by atoms with van der Waals surface area (Å²) in [6.45, 7) is 4.31. The Kier molecular flexibility index (Phi) is 7.58. The summed E-state index contributed by atoms with van der Waals surface area (Å²) in [5.74, 6) is 0.669. The Morgan fingerprint density at radius 1 is 1.06 bits per heavy atom. The van der Waals surface area contributed by atoms with Crippen LogP contribution in [0.4, 0.5) is 5.69 Å². The Labute approximate surface area is 206 Å². The number of nitrogens with zero attached hydrogens (tertiary/aromatic N) is 2. The molecule has 3 amide bonds. The van der Waals surface area contributed by atoms with Gasteiger partial charge in [0.2, 0.25) is 11.8 Å². The number of nitrogens with one attached hydrogen (secondary N) is 1. The van der Waals surface area contributed by atoms with Crippen LogP contribution in [0.1, 0.15) is 40.7 Å². The van der Waals surface area contributed by atoms with Crippen molar-refractivity contribution in [2.24, 2.45) is 5.92 Å². The van der Waals surface area contributed by atoms with Gasteiger partial charge < -0.3 is 24.6 Å². The van der Waals surface area contributed by atoms with Crippen molar-refractivity contribution in [1.29, 1.82) is 0 Å². The number of benzene rings is 2. The third-order valence-corrected chi connectivity index (χ3v) is 6.92.